The Morgan fingerprint density at radius 1 is 0.879 bits per heavy atom. The Morgan fingerprint density at radius 2 is 1.58 bits per heavy atom. The molecule has 3 aromatic carbocycles. The van der Waals surface area contributed by atoms with E-state index in [9.17, 15) is 9.59 Å². The topological polar surface area (TPSA) is 89.6 Å². The average Bonchev–Trinajstić information content (AvgIpc) is 3.33. The average molecular weight is 460 g/mol. The molecule has 0 aliphatic rings. The Morgan fingerprint density at radius 3 is 2.36 bits per heavy atom. The SMILES string of the molecule is O=C(COC(=O)c1csc(NCc2ccccc2)n1)Nc1ccccc1Oc1ccccc1. The minimum absolute atomic E-state index is 0.149. The molecule has 0 spiro atoms. The van der Waals surface area contributed by atoms with Gasteiger partial charge >= 0.3 is 5.97 Å². The number of nitrogens with zero attached hydrogens (tertiary/aromatic N) is 1. The molecule has 0 aliphatic carbocycles. The van der Waals surface area contributed by atoms with Crippen molar-refractivity contribution in [2.24, 2.45) is 0 Å². The van der Waals surface area contributed by atoms with E-state index in [1.807, 2.05) is 60.7 Å². The fourth-order valence-corrected chi connectivity index (χ4v) is 3.57. The van der Waals surface area contributed by atoms with Gasteiger partial charge in [-0.3, -0.25) is 4.79 Å². The number of carbonyl (C=O) groups excluding carboxylic acids is 2. The molecule has 7 nitrogen and oxygen atoms in total. The van der Waals surface area contributed by atoms with Crippen molar-refractivity contribution in [3.05, 3.63) is 102 Å². The molecule has 166 valence electrons. The molecule has 0 fully saturated rings. The Balaban J connectivity index is 1.28. The largest absolute Gasteiger partial charge is 0.455 e. The number of benzene rings is 3. The van der Waals surface area contributed by atoms with Crippen LogP contribution in [-0.2, 0) is 16.1 Å². The van der Waals surface area contributed by atoms with Crippen LogP contribution in [0.2, 0.25) is 0 Å². The summed E-state index contributed by atoms with van der Waals surface area (Å²) < 4.78 is 10.9. The van der Waals surface area contributed by atoms with Crippen LogP contribution in [-0.4, -0.2) is 23.5 Å². The predicted molar refractivity (Wildman–Crippen MR) is 128 cm³/mol. The van der Waals surface area contributed by atoms with Crippen LogP contribution >= 0.6 is 11.3 Å². The van der Waals surface area contributed by atoms with Gasteiger partial charge in [0.1, 0.15) is 5.75 Å². The first-order valence-electron chi connectivity index (χ1n) is 10.2. The zero-order valence-electron chi connectivity index (χ0n) is 17.6. The van der Waals surface area contributed by atoms with Crippen molar-refractivity contribution < 1.29 is 19.1 Å². The number of aromatic nitrogens is 1. The lowest BCUT2D eigenvalue weighted by atomic mass is 10.2. The minimum atomic E-state index is -0.664. The van der Waals surface area contributed by atoms with Gasteiger partial charge in [0.25, 0.3) is 5.91 Å². The standard InChI is InChI=1S/C25H21N3O4S/c29-23(27-20-13-7-8-14-22(20)32-19-11-5-2-6-12-19)16-31-24(30)21-17-33-25(28-21)26-15-18-9-3-1-4-10-18/h1-14,17H,15-16H2,(H,26,28)(H,27,29). The highest BCUT2D eigenvalue weighted by atomic mass is 32.1. The third-order valence-corrected chi connectivity index (χ3v) is 5.27. The molecular weight excluding hydrogens is 438 g/mol. The summed E-state index contributed by atoms with van der Waals surface area (Å²) in [6.07, 6.45) is 0. The van der Waals surface area contributed by atoms with Gasteiger partial charge in [-0.05, 0) is 29.8 Å². The van der Waals surface area contributed by atoms with Gasteiger partial charge in [0, 0.05) is 11.9 Å². The molecule has 4 rings (SSSR count). The van der Waals surface area contributed by atoms with E-state index in [0.29, 0.717) is 28.9 Å². The molecule has 2 N–H and O–H groups in total. The molecule has 1 aromatic heterocycles. The first-order valence-corrected chi connectivity index (χ1v) is 11.1. The molecule has 1 amide bonds. The van der Waals surface area contributed by atoms with Crippen LogP contribution in [0.3, 0.4) is 0 Å². The predicted octanol–water partition coefficient (Wildman–Crippen LogP) is 5.34. The normalized spacial score (nSPS) is 10.3. The van der Waals surface area contributed by atoms with Crippen molar-refractivity contribution >= 4 is 34.0 Å². The number of ether oxygens (including phenoxy) is 2. The second kappa shape index (κ2) is 10.9. The van der Waals surface area contributed by atoms with Gasteiger partial charge in [0.05, 0.1) is 5.69 Å². The zero-order valence-corrected chi connectivity index (χ0v) is 18.4. The molecule has 0 bridgehead atoms. The highest BCUT2D eigenvalue weighted by Crippen LogP contribution is 2.29. The fraction of sp³-hybridized carbons (Fsp3) is 0.0800. The Labute approximate surface area is 195 Å². The van der Waals surface area contributed by atoms with Gasteiger partial charge in [0.2, 0.25) is 0 Å². The van der Waals surface area contributed by atoms with Crippen LogP contribution in [0.5, 0.6) is 11.5 Å². The molecule has 33 heavy (non-hydrogen) atoms. The minimum Gasteiger partial charge on any atom is -0.455 e. The van der Waals surface area contributed by atoms with Crippen molar-refractivity contribution in [2.45, 2.75) is 6.54 Å². The van der Waals surface area contributed by atoms with Crippen LogP contribution in [0.4, 0.5) is 10.8 Å². The van der Waals surface area contributed by atoms with Crippen LogP contribution in [0.1, 0.15) is 16.1 Å². The van der Waals surface area contributed by atoms with Crippen LogP contribution < -0.4 is 15.4 Å². The van der Waals surface area contributed by atoms with Crippen LogP contribution in [0.15, 0.2) is 90.3 Å². The van der Waals surface area contributed by atoms with Gasteiger partial charge in [0.15, 0.2) is 23.2 Å². The van der Waals surface area contributed by atoms with E-state index >= 15 is 0 Å². The second-order valence-corrected chi connectivity index (χ2v) is 7.77. The smallest absolute Gasteiger partial charge is 0.358 e. The van der Waals surface area contributed by atoms with Gasteiger partial charge in [-0.25, -0.2) is 9.78 Å². The molecule has 0 saturated carbocycles. The summed E-state index contributed by atoms with van der Waals surface area (Å²) in [5, 5.41) is 8.07. The van der Waals surface area contributed by atoms with Crippen molar-refractivity contribution in [3.63, 3.8) is 0 Å². The number of rotatable bonds is 9. The maximum atomic E-state index is 12.3. The highest BCUT2D eigenvalue weighted by Gasteiger charge is 2.15. The summed E-state index contributed by atoms with van der Waals surface area (Å²) in [5.74, 6) is -0.0176. The summed E-state index contributed by atoms with van der Waals surface area (Å²) >= 11 is 1.30. The lowest BCUT2D eigenvalue weighted by molar-refractivity contribution is -0.119. The second-order valence-electron chi connectivity index (χ2n) is 6.91. The summed E-state index contributed by atoms with van der Waals surface area (Å²) in [4.78, 5) is 28.9. The number of nitrogens with one attached hydrogen (secondary N) is 2. The van der Waals surface area contributed by atoms with Crippen LogP contribution in [0.25, 0.3) is 0 Å². The molecule has 0 saturated heterocycles. The number of thiazole rings is 1. The number of hydrogen-bond acceptors (Lipinski definition) is 7. The molecule has 0 radical (unpaired) electrons. The molecular formula is C25H21N3O4S. The zero-order chi connectivity index (χ0) is 22.9. The molecule has 0 unspecified atom stereocenters. The third kappa shape index (κ3) is 6.41. The van der Waals surface area contributed by atoms with E-state index in [4.69, 9.17) is 9.47 Å². The maximum absolute atomic E-state index is 12.3. The number of anilines is 2. The summed E-state index contributed by atoms with van der Waals surface area (Å²) in [6.45, 7) is 0.151. The van der Waals surface area contributed by atoms with Crippen molar-refractivity contribution in [2.75, 3.05) is 17.2 Å². The molecule has 8 heteroatoms. The van der Waals surface area contributed by atoms with E-state index < -0.39 is 18.5 Å². The van der Waals surface area contributed by atoms with Gasteiger partial charge in [-0.2, -0.15) is 0 Å². The maximum Gasteiger partial charge on any atom is 0.358 e. The Bertz CT molecular complexity index is 1210. The summed E-state index contributed by atoms with van der Waals surface area (Å²) in [7, 11) is 0. The van der Waals surface area contributed by atoms with E-state index in [0.717, 1.165) is 5.56 Å². The lowest BCUT2D eigenvalue weighted by Crippen LogP contribution is -2.21. The monoisotopic (exact) mass is 459 g/mol. The number of para-hydroxylation sites is 3. The molecule has 0 aliphatic heterocycles. The number of hydrogen-bond donors (Lipinski definition) is 2. The Kier molecular flexibility index (Phi) is 7.29. The molecule has 4 aromatic rings. The lowest BCUT2D eigenvalue weighted by Gasteiger charge is -2.12. The van der Waals surface area contributed by atoms with Crippen molar-refractivity contribution in [3.8, 4) is 11.5 Å². The number of amides is 1. The quantitative estimate of drug-likeness (QED) is 0.328. The van der Waals surface area contributed by atoms with Crippen molar-refractivity contribution in [1.29, 1.82) is 0 Å². The Hall–Kier alpha value is -4.17. The number of carbonyl (C=O) groups is 2. The van der Waals surface area contributed by atoms with Gasteiger partial charge < -0.3 is 20.1 Å². The molecule has 0 atom stereocenters. The number of esters is 1. The highest BCUT2D eigenvalue weighted by molar-refractivity contribution is 7.13. The van der Waals surface area contributed by atoms with Gasteiger partial charge in [-0.1, -0.05) is 60.7 Å². The summed E-state index contributed by atoms with van der Waals surface area (Å²) in [6, 6.07) is 26.1. The molecule has 1 heterocycles. The van der Waals surface area contributed by atoms with E-state index in [1.54, 1.807) is 29.6 Å². The van der Waals surface area contributed by atoms with Gasteiger partial charge in [-0.15, -0.1) is 11.3 Å². The first-order chi connectivity index (χ1) is 16.2. The summed E-state index contributed by atoms with van der Waals surface area (Å²) in [5.41, 5.74) is 1.73. The van der Waals surface area contributed by atoms with E-state index in [1.165, 1.54) is 11.3 Å². The third-order valence-electron chi connectivity index (χ3n) is 4.47. The van der Waals surface area contributed by atoms with E-state index in [-0.39, 0.29) is 5.69 Å². The first kappa shape index (κ1) is 22.0. The van der Waals surface area contributed by atoms with Crippen molar-refractivity contribution in [1.82, 2.24) is 4.98 Å². The fourth-order valence-electron chi connectivity index (χ4n) is 2.89. The van der Waals surface area contributed by atoms with E-state index in [2.05, 4.69) is 15.6 Å². The van der Waals surface area contributed by atoms with Crippen LogP contribution in [0, 0.1) is 0 Å².